The molecule has 0 saturated carbocycles. The fourth-order valence-corrected chi connectivity index (χ4v) is 4.10. The molecule has 3 aromatic rings. The van der Waals surface area contributed by atoms with Crippen LogP contribution in [0.4, 0.5) is 10.2 Å². The Bertz CT molecular complexity index is 1020. The number of thioether (sulfide) groups is 1. The summed E-state index contributed by atoms with van der Waals surface area (Å²) < 4.78 is 19.9. The van der Waals surface area contributed by atoms with Crippen molar-refractivity contribution in [2.45, 2.75) is 11.7 Å². The molecule has 0 aliphatic carbocycles. The molecule has 0 amide bonds. The van der Waals surface area contributed by atoms with Crippen molar-refractivity contribution in [1.29, 1.82) is 0 Å². The number of ether oxygens (including phenoxy) is 1. The number of nitrogens with zero attached hydrogens (tertiary/aromatic N) is 4. The van der Waals surface area contributed by atoms with Gasteiger partial charge in [-0.25, -0.2) is 4.39 Å². The number of aromatic hydroxyl groups is 1. The van der Waals surface area contributed by atoms with E-state index in [4.69, 9.17) is 4.74 Å². The second kappa shape index (κ2) is 8.24. The summed E-state index contributed by atoms with van der Waals surface area (Å²) in [4.78, 5) is 6.23. The number of phenols is 1. The Kier molecular flexibility index (Phi) is 5.53. The minimum atomic E-state index is -0.485. The fraction of sp³-hybridized carbons (Fsp3) is 0.286. The summed E-state index contributed by atoms with van der Waals surface area (Å²) in [6.45, 7) is 1.89. The molecule has 3 heterocycles. The molecule has 1 aliphatic heterocycles. The van der Waals surface area contributed by atoms with Crippen LogP contribution < -0.4 is 9.64 Å². The van der Waals surface area contributed by atoms with Crippen molar-refractivity contribution in [1.82, 2.24) is 15.2 Å². The molecule has 8 heteroatoms. The maximum atomic E-state index is 14.8. The molecule has 0 bridgehead atoms. The molecule has 29 heavy (non-hydrogen) atoms. The second-order valence-electron chi connectivity index (χ2n) is 6.83. The predicted octanol–water partition coefficient (Wildman–Crippen LogP) is 4.00. The van der Waals surface area contributed by atoms with Crippen LogP contribution in [-0.4, -0.2) is 52.0 Å². The van der Waals surface area contributed by atoms with Gasteiger partial charge in [0.1, 0.15) is 17.3 Å². The molecule has 6 nitrogen and oxygen atoms in total. The van der Waals surface area contributed by atoms with Gasteiger partial charge in [-0.3, -0.25) is 4.98 Å². The third-order valence-corrected chi connectivity index (χ3v) is 6.13. The average Bonchev–Trinajstić information content (AvgIpc) is 3.24. The SMILES string of the molecule is COc1cncc(-c2cc(O)c(-c3ccc(N4CCC(SC)C4)nn3)cc2F)c1. The lowest BCUT2D eigenvalue weighted by atomic mass is 10.0. The summed E-state index contributed by atoms with van der Waals surface area (Å²) in [5.74, 6) is 0.748. The van der Waals surface area contributed by atoms with E-state index < -0.39 is 5.82 Å². The van der Waals surface area contributed by atoms with Gasteiger partial charge in [0.25, 0.3) is 0 Å². The Labute approximate surface area is 172 Å². The van der Waals surface area contributed by atoms with Gasteiger partial charge in [-0.2, -0.15) is 11.8 Å². The summed E-state index contributed by atoms with van der Waals surface area (Å²) >= 11 is 1.86. The maximum Gasteiger partial charge on any atom is 0.151 e. The van der Waals surface area contributed by atoms with Gasteiger partial charge < -0.3 is 14.7 Å². The Morgan fingerprint density at radius 2 is 2.03 bits per heavy atom. The molecule has 1 N–H and O–H groups in total. The maximum absolute atomic E-state index is 14.8. The molecule has 4 rings (SSSR count). The van der Waals surface area contributed by atoms with Gasteiger partial charge in [0.05, 0.1) is 19.0 Å². The van der Waals surface area contributed by atoms with Gasteiger partial charge in [-0.15, -0.1) is 10.2 Å². The van der Waals surface area contributed by atoms with E-state index in [0.717, 1.165) is 25.3 Å². The fourth-order valence-electron chi connectivity index (χ4n) is 3.43. The minimum Gasteiger partial charge on any atom is -0.507 e. The van der Waals surface area contributed by atoms with Crippen LogP contribution in [0.3, 0.4) is 0 Å². The predicted molar refractivity (Wildman–Crippen MR) is 113 cm³/mol. The number of hydrogen-bond donors (Lipinski definition) is 1. The Hall–Kier alpha value is -2.87. The topological polar surface area (TPSA) is 71.4 Å². The first-order valence-electron chi connectivity index (χ1n) is 9.23. The number of hydrogen-bond acceptors (Lipinski definition) is 7. The van der Waals surface area contributed by atoms with Crippen molar-refractivity contribution in [3.8, 4) is 33.9 Å². The number of halogens is 1. The number of pyridine rings is 1. The molecule has 1 atom stereocenters. The molecule has 1 saturated heterocycles. The summed E-state index contributed by atoms with van der Waals surface area (Å²) in [6, 6.07) is 7.93. The first kappa shape index (κ1) is 19.4. The first-order valence-corrected chi connectivity index (χ1v) is 10.5. The third-order valence-electron chi connectivity index (χ3n) is 5.07. The van der Waals surface area contributed by atoms with Crippen molar-refractivity contribution in [3.05, 3.63) is 48.5 Å². The van der Waals surface area contributed by atoms with E-state index in [-0.39, 0.29) is 11.3 Å². The molecular weight excluding hydrogens is 391 g/mol. The first-order chi connectivity index (χ1) is 14.1. The highest BCUT2D eigenvalue weighted by molar-refractivity contribution is 7.99. The Balaban J connectivity index is 1.61. The summed E-state index contributed by atoms with van der Waals surface area (Å²) in [6.07, 6.45) is 6.30. The molecule has 2 aromatic heterocycles. The number of anilines is 1. The number of aromatic nitrogens is 3. The van der Waals surface area contributed by atoms with Crippen LogP contribution in [0.5, 0.6) is 11.5 Å². The van der Waals surface area contributed by atoms with Crippen molar-refractivity contribution >= 4 is 17.6 Å². The van der Waals surface area contributed by atoms with E-state index in [1.165, 1.54) is 31.6 Å². The molecule has 1 aliphatic rings. The van der Waals surface area contributed by atoms with E-state index >= 15 is 0 Å². The van der Waals surface area contributed by atoms with Crippen LogP contribution in [0.2, 0.25) is 0 Å². The number of benzene rings is 1. The van der Waals surface area contributed by atoms with Gasteiger partial charge in [-0.1, -0.05) is 0 Å². The zero-order chi connectivity index (χ0) is 20.4. The van der Waals surface area contributed by atoms with E-state index in [9.17, 15) is 9.50 Å². The lowest BCUT2D eigenvalue weighted by Gasteiger charge is -2.16. The smallest absolute Gasteiger partial charge is 0.151 e. The monoisotopic (exact) mass is 412 g/mol. The van der Waals surface area contributed by atoms with Crippen LogP contribution in [0.25, 0.3) is 22.4 Å². The number of methoxy groups -OCH3 is 1. The summed E-state index contributed by atoms with van der Waals surface area (Å²) in [5.41, 5.74) is 1.47. The van der Waals surface area contributed by atoms with E-state index in [1.807, 2.05) is 17.8 Å². The minimum absolute atomic E-state index is 0.0742. The van der Waals surface area contributed by atoms with Crippen LogP contribution in [-0.2, 0) is 0 Å². The standard InChI is InChI=1S/C21H21FN4O2S/c1-28-14-7-13(10-23-11-14)16-9-20(27)17(8-18(16)22)19-3-4-21(25-24-19)26-6-5-15(12-26)29-2/h3-4,7-11,15,27H,5-6,12H2,1-2H3. The van der Waals surface area contributed by atoms with Crippen LogP contribution in [0, 0.1) is 5.82 Å². The van der Waals surface area contributed by atoms with Crippen molar-refractivity contribution in [2.75, 3.05) is 31.4 Å². The quantitative estimate of drug-likeness (QED) is 0.679. The van der Waals surface area contributed by atoms with Crippen LogP contribution in [0.15, 0.2) is 42.7 Å². The van der Waals surface area contributed by atoms with E-state index in [0.29, 0.717) is 27.8 Å². The molecule has 0 radical (unpaired) electrons. The van der Waals surface area contributed by atoms with Crippen molar-refractivity contribution < 1.29 is 14.2 Å². The highest BCUT2D eigenvalue weighted by Crippen LogP contribution is 2.35. The number of phenolic OH excluding ortho intramolecular Hbond substituents is 1. The van der Waals surface area contributed by atoms with Crippen molar-refractivity contribution in [3.63, 3.8) is 0 Å². The molecule has 1 fully saturated rings. The lowest BCUT2D eigenvalue weighted by Crippen LogP contribution is -2.21. The van der Waals surface area contributed by atoms with Gasteiger partial charge in [0.2, 0.25) is 0 Å². The normalized spacial score (nSPS) is 16.2. The second-order valence-corrected chi connectivity index (χ2v) is 7.97. The van der Waals surface area contributed by atoms with Gasteiger partial charge >= 0.3 is 0 Å². The van der Waals surface area contributed by atoms with Gasteiger partial charge in [0, 0.05) is 41.2 Å². The van der Waals surface area contributed by atoms with Gasteiger partial charge in [-0.05, 0) is 43.0 Å². The summed E-state index contributed by atoms with van der Waals surface area (Å²) in [5, 5.41) is 19.6. The summed E-state index contributed by atoms with van der Waals surface area (Å²) in [7, 11) is 1.52. The Morgan fingerprint density at radius 1 is 1.17 bits per heavy atom. The highest BCUT2D eigenvalue weighted by Gasteiger charge is 2.23. The van der Waals surface area contributed by atoms with Crippen LogP contribution >= 0.6 is 11.8 Å². The van der Waals surface area contributed by atoms with E-state index in [1.54, 1.807) is 12.1 Å². The molecule has 1 unspecified atom stereocenters. The van der Waals surface area contributed by atoms with Crippen molar-refractivity contribution in [2.24, 2.45) is 0 Å². The molecule has 1 aromatic carbocycles. The zero-order valence-corrected chi connectivity index (χ0v) is 17.0. The lowest BCUT2D eigenvalue weighted by molar-refractivity contribution is 0.413. The van der Waals surface area contributed by atoms with E-state index in [2.05, 4.69) is 26.3 Å². The zero-order valence-electron chi connectivity index (χ0n) is 16.2. The molecule has 0 spiro atoms. The molecular formula is C21H21FN4O2S. The largest absolute Gasteiger partial charge is 0.507 e. The van der Waals surface area contributed by atoms with Gasteiger partial charge in [0.15, 0.2) is 5.82 Å². The Morgan fingerprint density at radius 3 is 2.72 bits per heavy atom. The molecule has 150 valence electrons. The van der Waals surface area contributed by atoms with Crippen LogP contribution in [0.1, 0.15) is 6.42 Å². The highest BCUT2D eigenvalue weighted by atomic mass is 32.2. The third kappa shape index (κ3) is 3.98. The average molecular weight is 412 g/mol. The number of rotatable bonds is 5.